The summed E-state index contributed by atoms with van der Waals surface area (Å²) >= 11 is 5.92. The summed E-state index contributed by atoms with van der Waals surface area (Å²) in [6.45, 7) is 0.891. The second-order valence-corrected chi connectivity index (χ2v) is 6.63. The van der Waals surface area contributed by atoms with Gasteiger partial charge in [0.05, 0.1) is 0 Å². The van der Waals surface area contributed by atoms with Gasteiger partial charge < -0.3 is 10.2 Å². The standard InChI is InChI=1S/C19H17ClF2N2O2/c20-14-3-1-2-13(10-14)19(26)24-8-6-12(7-9-24)18(25)23-15-4-5-16(21)17(22)11-15/h1-5,10-12H,6-9H2,(H,23,25). The van der Waals surface area contributed by atoms with Crippen LogP contribution in [0.2, 0.25) is 5.02 Å². The van der Waals surface area contributed by atoms with Crippen LogP contribution >= 0.6 is 11.6 Å². The lowest BCUT2D eigenvalue weighted by Gasteiger charge is -2.31. The molecule has 0 aromatic heterocycles. The predicted octanol–water partition coefficient (Wildman–Crippen LogP) is 4.11. The molecule has 0 bridgehead atoms. The summed E-state index contributed by atoms with van der Waals surface area (Å²) in [5, 5.41) is 3.09. The molecule has 26 heavy (non-hydrogen) atoms. The maximum Gasteiger partial charge on any atom is 0.253 e. The van der Waals surface area contributed by atoms with E-state index in [4.69, 9.17) is 11.6 Å². The van der Waals surface area contributed by atoms with E-state index in [9.17, 15) is 18.4 Å². The van der Waals surface area contributed by atoms with E-state index in [0.717, 1.165) is 12.1 Å². The minimum Gasteiger partial charge on any atom is -0.339 e. The van der Waals surface area contributed by atoms with E-state index in [2.05, 4.69) is 5.32 Å². The number of hydrogen-bond acceptors (Lipinski definition) is 2. The molecule has 1 aliphatic rings. The topological polar surface area (TPSA) is 49.4 Å². The van der Waals surface area contributed by atoms with Crippen LogP contribution in [0.25, 0.3) is 0 Å². The van der Waals surface area contributed by atoms with Crippen LogP contribution in [-0.2, 0) is 4.79 Å². The van der Waals surface area contributed by atoms with Gasteiger partial charge in [-0.05, 0) is 43.2 Å². The molecule has 2 amide bonds. The van der Waals surface area contributed by atoms with Crippen LogP contribution in [0.3, 0.4) is 0 Å². The average Bonchev–Trinajstić information content (AvgIpc) is 2.64. The summed E-state index contributed by atoms with van der Waals surface area (Å²) in [7, 11) is 0. The van der Waals surface area contributed by atoms with Gasteiger partial charge in [-0.25, -0.2) is 8.78 Å². The predicted molar refractivity (Wildman–Crippen MR) is 95.1 cm³/mol. The molecule has 1 heterocycles. The highest BCUT2D eigenvalue weighted by molar-refractivity contribution is 6.30. The summed E-state index contributed by atoms with van der Waals surface area (Å²) in [5.74, 6) is -2.63. The Morgan fingerprint density at radius 1 is 1.04 bits per heavy atom. The molecule has 1 N–H and O–H groups in total. The number of likely N-dealkylation sites (tertiary alicyclic amines) is 1. The molecule has 0 saturated carbocycles. The van der Waals surface area contributed by atoms with Crippen LogP contribution < -0.4 is 5.32 Å². The Labute approximate surface area is 154 Å². The summed E-state index contributed by atoms with van der Waals surface area (Å²) in [5.41, 5.74) is 0.730. The quantitative estimate of drug-likeness (QED) is 0.873. The van der Waals surface area contributed by atoms with E-state index < -0.39 is 11.6 Å². The van der Waals surface area contributed by atoms with Crippen molar-refractivity contribution in [1.29, 1.82) is 0 Å². The first-order valence-corrected chi connectivity index (χ1v) is 8.62. The van der Waals surface area contributed by atoms with Crippen LogP contribution in [0.4, 0.5) is 14.5 Å². The number of carbonyl (C=O) groups excluding carboxylic acids is 2. The number of nitrogens with zero attached hydrogens (tertiary/aromatic N) is 1. The van der Waals surface area contributed by atoms with Crippen LogP contribution in [-0.4, -0.2) is 29.8 Å². The molecule has 0 atom stereocenters. The van der Waals surface area contributed by atoms with Crippen molar-refractivity contribution in [2.45, 2.75) is 12.8 Å². The minimum atomic E-state index is -1.01. The molecule has 0 aliphatic carbocycles. The van der Waals surface area contributed by atoms with E-state index in [0.29, 0.717) is 36.5 Å². The van der Waals surface area contributed by atoms with Crippen molar-refractivity contribution in [3.63, 3.8) is 0 Å². The smallest absolute Gasteiger partial charge is 0.253 e. The Kier molecular flexibility index (Phi) is 5.52. The van der Waals surface area contributed by atoms with Gasteiger partial charge in [0.1, 0.15) is 0 Å². The van der Waals surface area contributed by atoms with Crippen molar-refractivity contribution < 1.29 is 18.4 Å². The first kappa shape index (κ1) is 18.3. The number of benzene rings is 2. The van der Waals surface area contributed by atoms with Crippen LogP contribution in [0.5, 0.6) is 0 Å². The monoisotopic (exact) mass is 378 g/mol. The lowest BCUT2D eigenvalue weighted by molar-refractivity contribution is -0.121. The van der Waals surface area contributed by atoms with Crippen molar-refractivity contribution >= 4 is 29.1 Å². The van der Waals surface area contributed by atoms with Crippen molar-refractivity contribution in [1.82, 2.24) is 4.90 Å². The molecular weight excluding hydrogens is 362 g/mol. The highest BCUT2D eigenvalue weighted by Gasteiger charge is 2.28. The Bertz CT molecular complexity index is 836. The molecule has 1 aliphatic heterocycles. The number of carbonyl (C=O) groups is 2. The molecule has 0 unspecified atom stereocenters. The van der Waals surface area contributed by atoms with Crippen molar-refractivity contribution in [3.05, 3.63) is 64.7 Å². The maximum absolute atomic E-state index is 13.2. The highest BCUT2D eigenvalue weighted by atomic mass is 35.5. The normalized spacial score (nSPS) is 15.0. The largest absolute Gasteiger partial charge is 0.339 e. The van der Waals surface area contributed by atoms with Crippen LogP contribution in [0.15, 0.2) is 42.5 Å². The SMILES string of the molecule is O=C(Nc1ccc(F)c(F)c1)C1CCN(C(=O)c2cccc(Cl)c2)CC1. The maximum atomic E-state index is 13.2. The van der Waals surface area contributed by atoms with Gasteiger partial charge in [-0.2, -0.15) is 0 Å². The number of nitrogens with one attached hydrogen (secondary N) is 1. The van der Waals surface area contributed by atoms with Gasteiger partial charge in [0.25, 0.3) is 5.91 Å². The molecule has 7 heteroatoms. The lowest BCUT2D eigenvalue weighted by atomic mass is 9.95. The Hall–Kier alpha value is -2.47. The number of piperidine rings is 1. The van der Waals surface area contributed by atoms with E-state index >= 15 is 0 Å². The van der Waals surface area contributed by atoms with Crippen molar-refractivity contribution in [2.24, 2.45) is 5.92 Å². The zero-order chi connectivity index (χ0) is 18.7. The molecule has 0 radical (unpaired) electrons. The molecular formula is C19H17ClF2N2O2. The number of amides is 2. The Morgan fingerprint density at radius 3 is 2.42 bits per heavy atom. The van der Waals surface area contributed by atoms with Crippen LogP contribution in [0, 0.1) is 17.6 Å². The number of anilines is 1. The van der Waals surface area contributed by atoms with Gasteiger partial charge in [-0.3, -0.25) is 9.59 Å². The summed E-state index contributed by atoms with van der Waals surface area (Å²) in [6, 6.07) is 9.98. The Morgan fingerprint density at radius 2 is 1.77 bits per heavy atom. The molecule has 4 nitrogen and oxygen atoms in total. The first-order valence-electron chi connectivity index (χ1n) is 8.25. The third kappa shape index (κ3) is 4.19. The van der Waals surface area contributed by atoms with Crippen LogP contribution in [0.1, 0.15) is 23.2 Å². The van der Waals surface area contributed by atoms with E-state index in [1.54, 1.807) is 29.2 Å². The van der Waals surface area contributed by atoms with Gasteiger partial charge in [-0.15, -0.1) is 0 Å². The third-order valence-electron chi connectivity index (χ3n) is 4.41. The molecule has 1 saturated heterocycles. The number of hydrogen-bond donors (Lipinski definition) is 1. The minimum absolute atomic E-state index is 0.119. The lowest BCUT2D eigenvalue weighted by Crippen LogP contribution is -2.41. The zero-order valence-electron chi connectivity index (χ0n) is 13.8. The van der Waals surface area contributed by atoms with Gasteiger partial charge in [0, 0.05) is 41.3 Å². The fourth-order valence-corrected chi connectivity index (χ4v) is 3.16. The summed E-state index contributed by atoms with van der Waals surface area (Å²) < 4.78 is 26.2. The first-order chi connectivity index (χ1) is 12.4. The average molecular weight is 379 g/mol. The van der Waals surface area contributed by atoms with Crippen molar-refractivity contribution in [2.75, 3.05) is 18.4 Å². The van der Waals surface area contributed by atoms with Gasteiger partial charge >= 0.3 is 0 Å². The van der Waals surface area contributed by atoms with E-state index in [-0.39, 0.29) is 23.4 Å². The molecule has 2 aromatic carbocycles. The Balaban J connectivity index is 1.56. The molecule has 1 fully saturated rings. The highest BCUT2D eigenvalue weighted by Crippen LogP contribution is 2.22. The molecule has 2 aromatic rings. The number of rotatable bonds is 3. The van der Waals surface area contributed by atoms with Gasteiger partial charge in [-0.1, -0.05) is 17.7 Å². The van der Waals surface area contributed by atoms with E-state index in [1.165, 1.54) is 6.07 Å². The fourth-order valence-electron chi connectivity index (χ4n) is 2.97. The second-order valence-electron chi connectivity index (χ2n) is 6.19. The second kappa shape index (κ2) is 7.83. The molecule has 3 rings (SSSR count). The van der Waals surface area contributed by atoms with E-state index in [1.807, 2.05) is 0 Å². The van der Waals surface area contributed by atoms with Gasteiger partial charge in [0.15, 0.2) is 11.6 Å². The summed E-state index contributed by atoms with van der Waals surface area (Å²) in [4.78, 5) is 26.5. The molecule has 136 valence electrons. The molecule has 0 spiro atoms. The van der Waals surface area contributed by atoms with Gasteiger partial charge in [0.2, 0.25) is 5.91 Å². The summed E-state index contributed by atoms with van der Waals surface area (Å²) in [6.07, 6.45) is 1.00. The van der Waals surface area contributed by atoms with Crippen molar-refractivity contribution in [3.8, 4) is 0 Å². The fraction of sp³-hybridized carbons (Fsp3) is 0.263. The third-order valence-corrected chi connectivity index (χ3v) is 4.65. The number of halogens is 3. The zero-order valence-corrected chi connectivity index (χ0v) is 14.6.